The summed E-state index contributed by atoms with van der Waals surface area (Å²) in [7, 11) is 1.53. The molecule has 130 valence electrons. The molecule has 0 unspecified atom stereocenters. The fourth-order valence-corrected chi connectivity index (χ4v) is 2.99. The maximum absolute atomic E-state index is 11.3. The van der Waals surface area contributed by atoms with Crippen molar-refractivity contribution in [3.05, 3.63) is 41.4 Å². The van der Waals surface area contributed by atoms with E-state index in [9.17, 15) is 9.90 Å². The Morgan fingerprint density at radius 3 is 2.76 bits per heavy atom. The van der Waals surface area contributed by atoms with Crippen molar-refractivity contribution in [3.63, 3.8) is 0 Å². The van der Waals surface area contributed by atoms with E-state index in [4.69, 9.17) is 21.1 Å². The van der Waals surface area contributed by atoms with Crippen molar-refractivity contribution < 1.29 is 19.4 Å². The number of carbonyl (C=O) groups is 1. The van der Waals surface area contributed by atoms with Crippen LogP contribution in [0.3, 0.4) is 0 Å². The second-order valence-corrected chi connectivity index (χ2v) is 5.73. The lowest BCUT2D eigenvalue weighted by Crippen LogP contribution is -2.10. The van der Waals surface area contributed by atoms with Crippen LogP contribution in [0.1, 0.15) is 6.92 Å². The molecule has 0 fully saturated rings. The van der Waals surface area contributed by atoms with Crippen LogP contribution in [0.4, 0.5) is 0 Å². The molecule has 0 aliphatic rings. The van der Waals surface area contributed by atoms with Crippen LogP contribution >= 0.6 is 11.6 Å². The van der Waals surface area contributed by atoms with E-state index in [1.165, 1.54) is 7.11 Å². The molecule has 2 aromatic carbocycles. The van der Waals surface area contributed by atoms with Gasteiger partial charge in [-0.25, -0.2) is 4.98 Å². The number of halogens is 1. The van der Waals surface area contributed by atoms with E-state index < -0.39 is 5.97 Å². The molecule has 3 aromatic rings. The molecule has 1 N–H and O–H groups in total. The number of carboxylic acid groups (broad SMARTS) is 1. The van der Waals surface area contributed by atoms with Crippen molar-refractivity contribution in [1.82, 2.24) is 9.55 Å². The van der Waals surface area contributed by atoms with Crippen LogP contribution in [0, 0.1) is 0 Å². The molecule has 0 saturated carbocycles. The minimum atomic E-state index is -0.951. The minimum Gasteiger partial charge on any atom is -0.493 e. The van der Waals surface area contributed by atoms with Crippen LogP contribution in [0.5, 0.6) is 11.5 Å². The summed E-state index contributed by atoms with van der Waals surface area (Å²) < 4.78 is 12.5. The molecular formula is C18H17ClN2O4. The van der Waals surface area contributed by atoms with Crippen molar-refractivity contribution in [2.24, 2.45) is 0 Å². The zero-order chi connectivity index (χ0) is 18.0. The number of hydrogen-bond donors (Lipinski definition) is 1. The molecule has 6 nitrogen and oxygen atoms in total. The molecule has 0 amide bonds. The van der Waals surface area contributed by atoms with Gasteiger partial charge < -0.3 is 19.1 Å². The standard InChI is InChI=1S/C18H17ClN2O4/c1-3-25-17-12(19)8-11(9-15(17)24-2)18-20-13-6-4-5-7-14(13)21(18)10-16(22)23/h4-9H,3,10H2,1-2H3,(H,22,23). The molecule has 0 aliphatic heterocycles. The topological polar surface area (TPSA) is 73.6 Å². The van der Waals surface area contributed by atoms with Crippen molar-refractivity contribution in [1.29, 1.82) is 0 Å². The van der Waals surface area contributed by atoms with Crippen LogP contribution in [-0.4, -0.2) is 34.3 Å². The highest BCUT2D eigenvalue weighted by Gasteiger charge is 2.19. The average Bonchev–Trinajstić information content (AvgIpc) is 2.95. The second-order valence-electron chi connectivity index (χ2n) is 5.33. The van der Waals surface area contributed by atoms with Gasteiger partial charge in [0.1, 0.15) is 12.4 Å². The summed E-state index contributed by atoms with van der Waals surface area (Å²) in [6.45, 7) is 2.10. The molecule has 0 radical (unpaired) electrons. The van der Waals surface area contributed by atoms with Crippen LogP contribution < -0.4 is 9.47 Å². The van der Waals surface area contributed by atoms with Gasteiger partial charge in [0, 0.05) is 5.56 Å². The number of aliphatic carboxylic acids is 1. The van der Waals surface area contributed by atoms with Gasteiger partial charge in [0.15, 0.2) is 11.5 Å². The van der Waals surface area contributed by atoms with Crippen LogP contribution in [0.2, 0.25) is 5.02 Å². The number of rotatable bonds is 6. The second kappa shape index (κ2) is 7.03. The molecule has 0 atom stereocenters. The summed E-state index contributed by atoms with van der Waals surface area (Å²) in [5, 5.41) is 9.65. The van der Waals surface area contributed by atoms with E-state index in [0.717, 1.165) is 5.52 Å². The number of hydrogen-bond acceptors (Lipinski definition) is 4. The number of imidazole rings is 1. The SMILES string of the molecule is CCOc1c(Cl)cc(-c2nc3ccccc3n2CC(=O)O)cc1OC. The Bertz CT molecular complexity index is 936. The number of benzene rings is 2. The normalized spacial score (nSPS) is 10.8. The molecule has 25 heavy (non-hydrogen) atoms. The van der Waals surface area contributed by atoms with Crippen LogP contribution in [-0.2, 0) is 11.3 Å². The Morgan fingerprint density at radius 2 is 2.08 bits per heavy atom. The smallest absolute Gasteiger partial charge is 0.323 e. The monoisotopic (exact) mass is 360 g/mol. The van der Waals surface area contributed by atoms with Crippen LogP contribution in [0.25, 0.3) is 22.4 Å². The highest BCUT2D eigenvalue weighted by Crippen LogP contribution is 2.39. The number of para-hydroxylation sites is 2. The van der Waals surface area contributed by atoms with E-state index in [-0.39, 0.29) is 6.54 Å². The van der Waals surface area contributed by atoms with E-state index in [1.54, 1.807) is 16.7 Å². The number of methoxy groups -OCH3 is 1. The molecule has 7 heteroatoms. The number of aromatic nitrogens is 2. The number of fused-ring (bicyclic) bond motifs is 1. The van der Waals surface area contributed by atoms with Gasteiger partial charge in [-0.2, -0.15) is 0 Å². The summed E-state index contributed by atoms with van der Waals surface area (Å²) >= 11 is 6.34. The largest absolute Gasteiger partial charge is 0.493 e. The highest BCUT2D eigenvalue weighted by atomic mass is 35.5. The zero-order valence-corrected chi connectivity index (χ0v) is 14.6. The Balaban J connectivity index is 2.22. The van der Waals surface area contributed by atoms with Gasteiger partial charge in [-0.1, -0.05) is 23.7 Å². The first-order valence-electron chi connectivity index (χ1n) is 7.73. The molecule has 1 aromatic heterocycles. The van der Waals surface area contributed by atoms with E-state index in [2.05, 4.69) is 4.98 Å². The third-order valence-corrected chi connectivity index (χ3v) is 4.00. The quantitative estimate of drug-likeness (QED) is 0.722. The maximum Gasteiger partial charge on any atom is 0.323 e. The summed E-state index contributed by atoms with van der Waals surface area (Å²) in [5.74, 6) is 0.481. The summed E-state index contributed by atoms with van der Waals surface area (Å²) in [4.78, 5) is 15.9. The predicted octanol–water partition coefficient (Wildman–Crippen LogP) is 3.85. The Kier molecular flexibility index (Phi) is 4.81. The van der Waals surface area contributed by atoms with Crippen molar-refractivity contribution in [2.75, 3.05) is 13.7 Å². The number of ether oxygens (including phenoxy) is 2. The molecule has 1 heterocycles. The van der Waals surface area contributed by atoms with E-state index in [1.807, 2.05) is 31.2 Å². The van der Waals surface area contributed by atoms with E-state index >= 15 is 0 Å². The van der Waals surface area contributed by atoms with Gasteiger partial charge >= 0.3 is 5.97 Å². The van der Waals surface area contributed by atoms with Crippen molar-refractivity contribution in [3.8, 4) is 22.9 Å². The van der Waals surface area contributed by atoms with Gasteiger partial charge in [0.2, 0.25) is 0 Å². The number of nitrogens with zero attached hydrogens (tertiary/aromatic N) is 2. The Morgan fingerprint density at radius 1 is 1.32 bits per heavy atom. The predicted molar refractivity (Wildman–Crippen MR) is 95.5 cm³/mol. The molecular weight excluding hydrogens is 344 g/mol. The highest BCUT2D eigenvalue weighted by molar-refractivity contribution is 6.32. The number of carboxylic acids is 1. The Labute approximate surface area is 149 Å². The molecule has 0 aliphatic carbocycles. The lowest BCUT2D eigenvalue weighted by Gasteiger charge is -2.13. The zero-order valence-electron chi connectivity index (χ0n) is 13.8. The summed E-state index contributed by atoms with van der Waals surface area (Å²) in [6.07, 6.45) is 0. The van der Waals surface area contributed by atoms with Gasteiger partial charge in [-0.05, 0) is 31.2 Å². The van der Waals surface area contributed by atoms with Crippen LogP contribution in [0.15, 0.2) is 36.4 Å². The third kappa shape index (κ3) is 3.25. The van der Waals surface area contributed by atoms with Crippen molar-refractivity contribution in [2.45, 2.75) is 13.5 Å². The van der Waals surface area contributed by atoms with Crippen molar-refractivity contribution >= 4 is 28.6 Å². The summed E-state index contributed by atoms with van der Waals surface area (Å²) in [5.41, 5.74) is 2.11. The van der Waals surface area contributed by atoms with Gasteiger partial charge in [0.25, 0.3) is 0 Å². The first kappa shape index (κ1) is 17.1. The van der Waals surface area contributed by atoms with Gasteiger partial charge in [-0.3, -0.25) is 4.79 Å². The lowest BCUT2D eigenvalue weighted by atomic mass is 10.2. The van der Waals surface area contributed by atoms with E-state index in [0.29, 0.717) is 40.0 Å². The summed E-state index contributed by atoms with van der Waals surface area (Å²) in [6, 6.07) is 10.8. The lowest BCUT2D eigenvalue weighted by molar-refractivity contribution is -0.137. The minimum absolute atomic E-state index is 0.205. The molecule has 0 spiro atoms. The fourth-order valence-electron chi connectivity index (χ4n) is 2.72. The Hall–Kier alpha value is -2.73. The fraction of sp³-hybridized carbons (Fsp3) is 0.222. The van der Waals surface area contributed by atoms with Gasteiger partial charge in [0.05, 0.1) is 29.8 Å². The average molecular weight is 361 g/mol. The molecule has 0 bridgehead atoms. The third-order valence-electron chi connectivity index (χ3n) is 3.72. The molecule has 0 saturated heterocycles. The van der Waals surface area contributed by atoms with Gasteiger partial charge in [-0.15, -0.1) is 0 Å². The molecule has 3 rings (SSSR count). The first-order valence-corrected chi connectivity index (χ1v) is 8.10. The maximum atomic E-state index is 11.3. The first-order chi connectivity index (χ1) is 12.0.